The maximum atomic E-state index is 12.4. The third kappa shape index (κ3) is 4.12. The van der Waals surface area contributed by atoms with Gasteiger partial charge < -0.3 is 14.3 Å². The van der Waals surface area contributed by atoms with Crippen molar-refractivity contribution in [1.29, 1.82) is 0 Å². The van der Waals surface area contributed by atoms with E-state index in [1.165, 1.54) is 4.90 Å². The van der Waals surface area contributed by atoms with Crippen LogP contribution in [0.4, 0.5) is 0 Å². The summed E-state index contributed by atoms with van der Waals surface area (Å²) in [5.41, 5.74) is 0.678. The van der Waals surface area contributed by atoms with Gasteiger partial charge in [-0.25, -0.2) is 0 Å². The van der Waals surface area contributed by atoms with Gasteiger partial charge in [0.2, 0.25) is 0 Å². The van der Waals surface area contributed by atoms with Crippen molar-refractivity contribution < 1.29 is 19.1 Å². The molecular formula is C17H10Cl2NO4S2-. The molecule has 5 nitrogen and oxygen atoms in total. The van der Waals surface area contributed by atoms with Crippen LogP contribution in [0.5, 0.6) is 0 Å². The first-order valence-corrected chi connectivity index (χ1v) is 9.33. The van der Waals surface area contributed by atoms with E-state index in [-0.39, 0.29) is 18.9 Å². The lowest BCUT2D eigenvalue weighted by Crippen LogP contribution is -2.33. The lowest BCUT2D eigenvalue weighted by molar-refractivity contribution is -0.305. The van der Waals surface area contributed by atoms with E-state index in [1.54, 1.807) is 36.4 Å². The average Bonchev–Trinajstić information content (AvgIpc) is 3.11. The molecule has 0 spiro atoms. The quantitative estimate of drug-likeness (QED) is 0.537. The van der Waals surface area contributed by atoms with Crippen molar-refractivity contribution in [3.8, 4) is 11.3 Å². The predicted molar refractivity (Wildman–Crippen MR) is 104 cm³/mol. The summed E-state index contributed by atoms with van der Waals surface area (Å²) in [6.07, 6.45) is 1.28. The Kier molecular flexibility index (Phi) is 5.72. The van der Waals surface area contributed by atoms with Crippen molar-refractivity contribution in [2.24, 2.45) is 0 Å². The average molecular weight is 427 g/mol. The van der Waals surface area contributed by atoms with Gasteiger partial charge in [0.25, 0.3) is 5.91 Å². The molecule has 1 aromatic heterocycles. The number of rotatable bonds is 5. The zero-order chi connectivity index (χ0) is 18.8. The van der Waals surface area contributed by atoms with Crippen LogP contribution in [0.3, 0.4) is 0 Å². The van der Waals surface area contributed by atoms with Gasteiger partial charge >= 0.3 is 0 Å². The Labute approximate surface area is 168 Å². The SMILES string of the molecule is O=C([O-])CCN1C(=O)/C(=C\c2ccc(-c3ccc(Cl)cc3Cl)o2)SC1=S. The van der Waals surface area contributed by atoms with Gasteiger partial charge in [-0.2, -0.15) is 0 Å². The van der Waals surface area contributed by atoms with E-state index < -0.39 is 5.97 Å². The minimum Gasteiger partial charge on any atom is -0.550 e. The Bertz CT molecular complexity index is 939. The Morgan fingerprint density at radius 3 is 2.77 bits per heavy atom. The van der Waals surface area contributed by atoms with Crippen LogP contribution in [0, 0.1) is 0 Å². The second kappa shape index (κ2) is 7.84. The highest BCUT2D eigenvalue weighted by molar-refractivity contribution is 8.26. The fraction of sp³-hybridized carbons (Fsp3) is 0.118. The summed E-state index contributed by atoms with van der Waals surface area (Å²) in [7, 11) is 0. The highest BCUT2D eigenvalue weighted by Crippen LogP contribution is 2.35. The van der Waals surface area contributed by atoms with E-state index in [0.29, 0.717) is 36.4 Å². The highest BCUT2D eigenvalue weighted by Gasteiger charge is 2.31. The predicted octanol–water partition coefficient (Wildman–Crippen LogP) is 3.59. The second-order valence-electron chi connectivity index (χ2n) is 5.28. The number of amides is 1. The van der Waals surface area contributed by atoms with Gasteiger partial charge in [0.15, 0.2) is 0 Å². The van der Waals surface area contributed by atoms with Crippen molar-refractivity contribution in [2.75, 3.05) is 6.54 Å². The minimum absolute atomic E-state index is 0.0197. The summed E-state index contributed by atoms with van der Waals surface area (Å²) >= 11 is 18.3. The molecule has 9 heteroatoms. The number of benzene rings is 1. The second-order valence-corrected chi connectivity index (χ2v) is 7.80. The number of nitrogens with zero attached hydrogens (tertiary/aromatic N) is 1. The van der Waals surface area contributed by atoms with Gasteiger partial charge in [0.05, 0.1) is 9.93 Å². The number of furan rings is 1. The number of thiocarbonyl (C=S) groups is 1. The van der Waals surface area contributed by atoms with Crippen LogP contribution in [-0.2, 0) is 9.59 Å². The molecule has 1 saturated heterocycles. The number of carboxylic acid groups (broad SMARTS) is 1. The van der Waals surface area contributed by atoms with E-state index in [1.807, 2.05) is 0 Å². The molecule has 2 heterocycles. The summed E-state index contributed by atoms with van der Waals surface area (Å²) < 4.78 is 6.03. The molecule has 1 amide bonds. The first kappa shape index (κ1) is 19.0. The summed E-state index contributed by atoms with van der Waals surface area (Å²) in [6, 6.07) is 8.49. The third-order valence-corrected chi connectivity index (χ3v) is 5.44. The fourth-order valence-electron chi connectivity index (χ4n) is 2.29. The normalized spacial score (nSPS) is 15.9. The van der Waals surface area contributed by atoms with Gasteiger partial charge in [-0.15, -0.1) is 0 Å². The van der Waals surface area contributed by atoms with E-state index in [9.17, 15) is 14.7 Å². The molecule has 1 aliphatic heterocycles. The van der Waals surface area contributed by atoms with Gasteiger partial charge in [-0.3, -0.25) is 9.69 Å². The zero-order valence-corrected chi connectivity index (χ0v) is 16.2. The molecule has 1 aromatic carbocycles. The largest absolute Gasteiger partial charge is 0.550 e. The van der Waals surface area contributed by atoms with Gasteiger partial charge in [0.1, 0.15) is 15.8 Å². The van der Waals surface area contributed by atoms with Crippen molar-refractivity contribution in [3.63, 3.8) is 0 Å². The minimum atomic E-state index is -1.24. The molecule has 0 aliphatic carbocycles. The Morgan fingerprint density at radius 1 is 1.31 bits per heavy atom. The molecular weight excluding hydrogens is 417 g/mol. The number of carboxylic acids is 1. The zero-order valence-electron chi connectivity index (χ0n) is 13.0. The number of carbonyl (C=O) groups excluding carboxylic acids is 2. The smallest absolute Gasteiger partial charge is 0.266 e. The summed E-state index contributed by atoms with van der Waals surface area (Å²) in [4.78, 5) is 24.5. The topological polar surface area (TPSA) is 73.6 Å². The molecule has 0 N–H and O–H groups in total. The Morgan fingerprint density at radius 2 is 2.08 bits per heavy atom. The fourth-order valence-corrected chi connectivity index (χ4v) is 4.08. The lowest BCUT2D eigenvalue weighted by Gasteiger charge is -2.14. The van der Waals surface area contributed by atoms with Crippen molar-refractivity contribution >= 4 is 69.5 Å². The number of carbonyl (C=O) groups is 2. The molecule has 134 valence electrons. The van der Waals surface area contributed by atoms with Crippen LogP contribution in [0.15, 0.2) is 39.7 Å². The van der Waals surface area contributed by atoms with Gasteiger partial charge in [-0.05, 0) is 30.3 Å². The maximum Gasteiger partial charge on any atom is 0.266 e. The summed E-state index contributed by atoms with van der Waals surface area (Å²) in [5, 5.41) is 11.6. The summed E-state index contributed by atoms with van der Waals surface area (Å²) in [6.45, 7) is -0.0197. The van der Waals surface area contributed by atoms with Gasteiger partial charge in [0, 0.05) is 35.6 Å². The van der Waals surface area contributed by atoms with E-state index in [0.717, 1.165) is 11.8 Å². The molecule has 0 radical (unpaired) electrons. The third-order valence-electron chi connectivity index (χ3n) is 3.51. The number of hydrogen-bond acceptors (Lipinski definition) is 6. The van der Waals surface area contributed by atoms with Crippen LogP contribution < -0.4 is 5.11 Å². The van der Waals surface area contributed by atoms with E-state index in [2.05, 4.69) is 0 Å². The van der Waals surface area contributed by atoms with E-state index in [4.69, 9.17) is 39.8 Å². The number of halogens is 2. The number of thioether (sulfide) groups is 1. The van der Waals surface area contributed by atoms with E-state index >= 15 is 0 Å². The van der Waals surface area contributed by atoms with Crippen LogP contribution in [0.2, 0.25) is 10.0 Å². The highest BCUT2D eigenvalue weighted by atomic mass is 35.5. The number of hydrogen-bond donors (Lipinski definition) is 0. The standard InChI is InChI=1S/C17H11Cl2NO4S2/c18-9-1-3-11(12(19)7-9)13-4-2-10(24-13)8-14-16(23)20(17(25)26-14)6-5-15(21)22/h1-4,7-8H,5-6H2,(H,21,22)/p-1/b14-8+. The van der Waals surface area contributed by atoms with Crippen LogP contribution in [0.25, 0.3) is 17.4 Å². The van der Waals surface area contributed by atoms with Crippen LogP contribution >= 0.6 is 47.2 Å². The molecule has 3 rings (SSSR count). The maximum absolute atomic E-state index is 12.4. The lowest BCUT2D eigenvalue weighted by atomic mass is 10.2. The summed E-state index contributed by atoms with van der Waals surface area (Å²) in [5.74, 6) is -0.612. The molecule has 0 bridgehead atoms. The molecule has 2 aromatic rings. The first-order valence-electron chi connectivity index (χ1n) is 7.35. The molecule has 0 saturated carbocycles. The van der Waals surface area contributed by atoms with Crippen LogP contribution in [0.1, 0.15) is 12.2 Å². The molecule has 1 aliphatic rings. The monoisotopic (exact) mass is 426 g/mol. The molecule has 26 heavy (non-hydrogen) atoms. The van der Waals surface area contributed by atoms with Crippen molar-refractivity contribution in [1.82, 2.24) is 4.90 Å². The van der Waals surface area contributed by atoms with Gasteiger partial charge in [-0.1, -0.05) is 47.2 Å². The number of aliphatic carboxylic acids is 1. The molecule has 1 fully saturated rings. The Hall–Kier alpha value is -1.80. The van der Waals surface area contributed by atoms with Crippen molar-refractivity contribution in [2.45, 2.75) is 6.42 Å². The van der Waals surface area contributed by atoms with Crippen LogP contribution in [-0.4, -0.2) is 27.6 Å². The van der Waals surface area contributed by atoms with Crippen molar-refractivity contribution in [3.05, 3.63) is 51.0 Å². The first-order chi connectivity index (χ1) is 12.3. The molecule has 0 atom stereocenters. The Balaban J connectivity index is 1.81. The molecule has 0 unspecified atom stereocenters.